The Morgan fingerprint density at radius 3 is 2.39 bits per heavy atom. The fourth-order valence-electron chi connectivity index (χ4n) is 4.24. The second-order valence-electron chi connectivity index (χ2n) is 10.8. The molecule has 3 rings (SSSR count). The summed E-state index contributed by atoms with van der Waals surface area (Å²) in [5, 5.41) is 17.3. The van der Waals surface area contributed by atoms with Gasteiger partial charge in [0.05, 0.1) is 11.9 Å². The van der Waals surface area contributed by atoms with Crippen molar-refractivity contribution in [3.8, 4) is 0 Å². The quantitative estimate of drug-likeness (QED) is 0.447. The molecule has 38 heavy (non-hydrogen) atoms. The highest BCUT2D eigenvalue weighted by Crippen LogP contribution is 2.40. The molecule has 0 radical (unpaired) electrons. The van der Waals surface area contributed by atoms with Crippen LogP contribution in [0.25, 0.3) is 0 Å². The van der Waals surface area contributed by atoms with Gasteiger partial charge in [0, 0.05) is 16.3 Å². The van der Waals surface area contributed by atoms with E-state index < -0.39 is 40.5 Å². The van der Waals surface area contributed by atoms with Crippen molar-refractivity contribution in [2.75, 3.05) is 5.88 Å². The molecule has 1 aliphatic heterocycles. The van der Waals surface area contributed by atoms with Crippen molar-refractivity contribution in [1.29, 1.82) is 0 Å². The number of amides is 3. The van der Waals surface area contributed by atoms with Crippen molar-refractivity contribution < 1.29 is 24.2 Å². The number of aliphatic hydroxyl groups is 1. The molecule has 0 aliphatic carbocycles. The summed E-state index contributed by atoms with van der Waals surface area (Å²) in [7, 11) is 0. The van der Waals surface area contributed by atoms with Crippen LogP contribution >= 0.6 is 23.4 Å². The largest absolute Gasteiger partial charge is 0.444 e. The highest BCUT2D eigenvalue weighted by Gasteiger charge is 2.49. The maximum absolute atomic E-state index is 13.6. The van der Waals surface area contributed by atoms with Gasteiger partial charge in [-0.05, 0) is 58.2 Å². The summed E-state index contributed by atoms with van der Waals surface area (Å²) in [6.45, 7) is 9.17. The highest BCUT2D eigenvalue weighted by molar-refractivity contribution is 8.00. The zero-order chi connectivity index (χ0) is 28.1. The topological polar surface area (TPSA) is 108 Å². The van der Waals surface area contributed by atoms with Crippen LogP contribution in [0.5, 0.6) is 0 Å². The van der Waals surface area contributed by atoms with E-state index in [1.54, 1.807) is 26.8 Å². The molecule has 206 valence electrons. The monoisotopic (exact) mass is 561 g/mol. The van der Waals surface area contributed by atoms with E-state index in [-0.39, 0.29) is 24.7 Å². The van der Waals surface area contributed by atoms with E-state index in [4.69, 9.17) is 16.3 Å². The van der Waals surface area contributed by atoms with Crippen molar-refractivity contribution in [3.05, 3.63) is 70.7 Å². The summed E-state index contributed by atoms with van der Waals surface area (Å²) in [4.78, 5) is 41.0. The van der Waals surface area contributed by atoms with E-state index in [1.807, 2.05) is 62.4 Å². The summed E-state index contributed by atoms with van der Waals surface area (Å²) < 4.78 is 4.77. The van der Waals surface area contributed by atoms with Crippen LogP contribution in [0.4, 0.5) is 4.79 Å². The minimum absolute atomic E-state index is 0.195. The molecule has 3 amide bonds. The van der Waals surface area contributed by atoms with Crippen LogP contribution in [-0.4, -0.2) is 62.3 Å². The molecule has 3 atom stereocenters. The zero-order valence-electron chi connectivity index (χ0n) is 22.4. The molecule has 1 fully saturated rings. The molecule has 1 aliphatic rings. The van der Waals surface area contributed by atoms with Crippen molar-refractivity contribution >= 4 is 41.3 Å². The number of thioether (sulfide) groups is 1. The van der Waals surface area contributed by atoms with E-state index in [1.165, 1.54) is 16.7 Å². The van der Waals surface area contributed by atoms with Gasteiger partial charge in [-0.2, -0.15) is 0 Å². The Kier molecular flexibility index (Phi) is 9.73. The average molecular weight is 562 g/mol. The maximum atomic E-state index is 13.6. The van der Waals surface area contributed by atoms with Gasteiger partial charge in [0.2, 0.25) is 5.91 Å². The fourth-order valence-corrected chi connectivity index (χ4v) is 5.59. The Hall–Kier alpha value is -2.75. The number of aliphatic hydroxyl groups excluding tert-OH is 1. The summed E-state index contributed by atoms with van der Waals surface area (Å²) in [5.41, 5.74) is 0.829. The number of ether oxygens (including phenoxy) is 1. The van der Waals surface area contributed by atoms with Gasteiger partial charge in [0.15, 0.2) is 6.10 Å². The second kappa shape index (κ2) is 12.4. The van der Waals surface area contributed by atoms with E-state index in [0.29, 0.717) is 5.02 Å². The number of hydrogen-bond acceptors (Lipinski definition) is 6. The molecule has 2 aromatic carbocycles. The Morgan fingerprint density at radius 1 is 1.13 bits per heavy atom. The highest BCUT2D eigenvalue weighted by atomic mass is 35.5. The summed E-state index contributed by atoms with van der Waals surface area (Å²) in [5.74, 6) is -0.768. The van der Waals surface area contributed by atoms with Crippen LogP contribution in [0.15, 0.2) is 54.6 Å². The van der Waals surface area contributed by atoms with Crippen LogP contribution in [0.3, 0.4) is 0 Å². The van der Waals surface area contributed by atoms with Crippen molar-refractivity contribution in [3.63, 3.8) is 0 Å². The van der Waals surface area contributed by atoms with Gasteiger partial charge in [-0.25, -0.2) is 4.79 Å². The number of halogens is 1. The first-order valence-corrected chi connectivity index (χ1v) is 13.8. The smallest absolute Gasteiger partial charge is 0.407 e. The van der Waals surface area contributed by atoms with Gasteiger partial charge in [0.25, 0.3) is 5.91 Å². The van der Waals surface area contributed by atoms with Gasteiger partial charge in [0.1, 0.15) is 11.6 Å². The molecule has 0 saturated carbocycles. The van der Waals surface area contributed by atoms with E-state index in [2.05, 4.69) is 10.6 Å². The summed E-state index contributed by atoms with van der Waals surface area (Å²) in [6.07, 6.45) is -2.15. The van der Waals surface area contributed by atoms with Gasteiger partial charge in [-0.3, -0.25) is 9.59 Å². The van der Waals surface area contributed by atoms with Gasteiger partial charge < -0.3 is 25.4 Å². The number of benzene rings is 2. The first kappa shape index (κ1) is 29.8. The van der Waals surface area contributed by atoms with Crippen LogP contribution in [-0.2, 0) is 27.3 Å². The fraction of sp³-hybridized carbons (Fsp3) is 0.464. The normalized spacial score (nSPS) is 18.4. The van der Waals surface area contributed by atoms with Crippen LogP contribution in [0.2, 0.25) is 5.02 Å². The molecule has 1 saturated heterocycles. The first-order valence-electron chi connectivity index (χ1n) is 12.5. The number of rotatable bonds is 8. The average Bonchev–Trinajstić information content (AvgIpc) is 3.16. The molecule has 0 bridgehead atoms. The molecule has 2 unspecified atom stereocenters. The lowest BCUT2D eigenvalue weighted by Gasteiger charge is -2.33. The molecular formula is C28H36ClN3O5S. The van der Waals surface area contributed by atoms with E-state index in [0.717, 1.165) is 11.1 Å². The number of nitrogens with zero attached hydrogens (tertiary/aromatic N) is 1. The number of nitrogens with one attached hydrogen (secondary N) is 2. The van der Waals surface area contributed by atoms with E-state index >= 15 is 0 Å². The number of alkyl carbamates (subject to hydrolysis) is 1. The van der Waals surface area contributed by atoms with Gasteiger partial charge in [-0.15, -0.1) is 11.8 Å². The van der Waals surface area contributed by atoms with Crippen molar-refractivity contribution in [2.45, 2.75) is 76.1 Å². The molecule has 0 spiro atoms. The van der Waals surface area contributed by atoms with Crippen molar-refractivity contribution in [1.82, 2.24) is 15.5 Å². The van der Waals surface area contributed by atoms with Crippen LogP contribution in [0.1, 0.15) is 45.7 Å². The lowest BCUT2D eigenvalue weighted by molar-refractivity contribution is -0.147. The second-order valence-corrected chi connectivity index (χ2v) is 12.8. The zero-order valence-corrected chi connectivity index (χ0v) is 23.9. The number of carbonyl (C=O) groups excluding carboxylic acids is 3. The first-order chi connectivity index (χ1) is 17.8. The van der Waals surface area contributed by atoms with Crippen molar-refractivity contribution in [2.24, 2.45) is 0 Å². The Balaban J connectivity index is 1.79. The molecular weight excluding hydrogens is 526 g/mol. The Labute approximate surface area is 233 Å². The predicted octanol–water partition coefficient (Wildman–Crippen LogP) is 4.13. The van der Waals surface area contributed by atoms with Crippen LogP contribution in [0, 0.1) is 0 Å². The third kappa shape index (κ3) is 7.88. The molecule has 1 heterocycles. The minimum atomic E-state index is -1.60. The third-order valence-electron chi connectivity index (χ3n) is 6.12. The minimum Gasteiger partial charge on any atom is -0.444 e. The Morgan fingerprint density at radius 2 is 1.76 bits per heavy atom. The predicted molar refractivity (Wildman–Crippen MR) is 150 cm³/mol. The summed E-state index contributed by atoms with van der Waals surface area (Å²) >= 11 is 7.68. The Bertz CT molecular complexity index is 1140. The van der Waals surface area contributed by atoms with E-state index in [9.17, 15) is 19.5 Å². The molecule has 2 aromatic rings. The van der Waals surface area contributed by atoms with Crippen LogP contribution < -0.4 is 10.6 Å². The SMILES string of the molecule is CC(C)(C)OC(=O)NC(Cc1ccccc1)[C@H](O)C(=O)N1CSC(C)(C)C1C(=O)NCc1ccccc1Cl. The van der Waals surface area contributed by atoms with Gasteiger partial charge >= 0.3 is 6.09 Å². The standard InChI is InChI=1S/C28H36ClN3O5S/c1-27(2,3)37-26(36)31-21(15-18-11-7-6-8-12-18)22(33)25(35)32-17-38-28(4,5)23(32)24(34)30-16-19-13-9-10-14-20(19)29/h6-14,21-23,33H,15-17H2,1-5H3,(H,30,34)(H,31,36)/t21?,22-,23?/m0/s1. The molecule has 3 N–H and O–H groups in total. The van der Waals surface area contributed by atoms with Gasteiger partial charge in [-0.1, -0.05) is 60.1 Å². The lowest BCUT2D eigenvalue weighted by atomic mass is 9.97. The summed E-state index contributed by atoms with van der Waals surface area (Å²) in [6, 6.07) is 14.6. The molecule has 0 aromatic heterocycles. The maximum Gasteiger partial charge on any atom is 0.407 e. The molecule has 10 heteroatoms. The third-order valence-corrected chi connectivity index (χ3v) is 7.87. The number of carbonyl (C=O) groups is 3. The lowest BCUT2D eigenvalue weighted by Crippen LogP contribution is -2.58. The molecule has 8 nitrogen and oxygen atoms in total. The number of hydrogen-bond donors (Lipinski definition) is 3.